The molecule has 0 spiro atoms. The van der Waals surface area contributed by atoms with Crippen LogP contribution in [0.5, 0.6) is 0 Å². The summed E-state index contributed by atoms with van der Waals surface area (Å²) in [5.41, 5.74) is 0.883. The lowest BCUT2D eigenvalue weighted by Crippen LogP contribution is -2.16. The number of alkyl halides is 2. The highest BCUT2D eigenvalue weighted by Gasteiger charge is 2.18. The summed E-state index contributed by atoms with van der Waals surface area (Å²) in [7, 11) is -3.94. The number of nitrogens with zero attached hydrogens (tertiary/aromatic N) is 1. The normalized spacial score (nSPS) is 12.4. The highest BCUT2D eigenvalue weighted by Crippen LogP contribution is 2.27. The molecule has 0 bridgehead atoms. The average molecular weight is 459 g/mol. The number of rotatable bonds is 6. The third-order valence-electron chi connectivity index (χ3n) is 3.43. The van der Waals surface area contributed by atoms with Gasteiger partial charge in [-0.15, -0.1) is 15.7 Å². The molecule has 1 heterocycles. The van der Waals surface area contributed by atoms with E-state index in [0.29, 0.717) is 32.9 Å². The van der Waals surface area contributed by atoms with E-state index in [1.165, 1.54) is 18.2 Å². The number of hydrogen-bond acceptors (Lipinski definition) is 4. The lowest BCUT2D eigenvalue weighted by Gasteiger charge is -2.12. The fourth-order valence-corrected chi connectivity index (χ4v) is 4.89. The van der Waals surface area contributed by atoms with Gasteiger partial charge in [0.15, 0.2) is 5.84 Å². The zero-order valence-electron chi connectivity index (χ0n) is 14.1. The molecule has 0 aliphatic rings. The molecule has 0 radical (unpaired) electrons. The van der Waals surface area contributed by atoms with E-state index in [-0.39, 0.29) is 10.0 Å². The molecular formula is C18H13ClF2N2O2S3. The second kappa shape index (κ2) is 9.04. The minimum atomic E-state index is -3.94. The number of sulfonamides is 1. The Morgan fingerprint density at radius 3 is 2.39 bits per heavy atom. The van der Waals surface area contributed by atoms with E-state index in [4.69, 9.17) is 11.6 Å². The minimum Gasteiger partial charge on any atom is -0.339 e. The van der Waals surface area contributed by atoms with E-state index < -0.39 is 15.8 Å². The molecule has 0 aliphatic heterocycles. The molecule has 0 unspecified atom stereocenters. The third kappa shape index (κ3) is 5.32. The second-order valence-electron chi connectivity index (χ2n) is 5.35. The smallest absolute Gasteiger partial charge is 0.293 e. The van der Waals surface area contributed by atoms with Crippen molar-refractivity contribution in [1.82, 2.24) is 0 Å². The minimum absolute atomic E-state index is 0.0354. The summed E-state index contributed by atoms with van der Waals surface area (Å²) >= 11 is 7.70. The summed E-state index contributed by atoms with van der Waals surface area (Å²) in [6, 6.07) is 15.9. The fourth-order valence-electron chi connectivity index (χ4n) is 2.22. The molecule has 0 amide bonds. The molecule has 3 aromatic rings. The Morgan fingerprint density at radius 1 is 1.07 bits per heavy atom. The lowest BCUT2D eigenvalue weighted by molar-refractivity contribution is 0.252. The first kappa shape index (κ1) is 20.8. The van der Waals surface area contributed by atoms with Crippen LogP contribution in [0.3, 0.4) is 0 Å². The van der Waals surface area contributed by atoms with Crippen LogP contribution in [0.1, 0.15) is 5.56 Å². The predicted octanol–water partition coefficient (Wildman–Crippen LogP) is 5.96. The monoisotopic (exact) mass is 458 g/mol. The van der Waals surface area contributed by atoms with Gasteiger partial charge < -0.3 is 5.32 Å². The van der Waals surface area contributed by atoms with Crippen molar-refractivity contribution in [2.75, 3.05) is 5.32 Å². The van der Waals surface area contributed by atoms with Gasteiger partial charge in [-0.1, -0.05) is 41.6 Å². The molecule has 0 aliphatic carbocycles. The standard InChI is InChI=1S/C18H13ClF2N2O2S3/c19-15-5-2-1-4-14(15)17(23-28(24,25)16-6-3-11-26-16)22-12-7-9-13(10-8-12)27-18(20)21/h1-11,18H,(H,22,23). The van der Waals surface area contributed by atoms with Crippen molar-refractivity contribution in [2.24, 2.45) is 4.40 Å². The summed E-state index contributed by atoms with van der Waals surface area (Å²) in [5.74, 6) is -2.48. The number of halogens is 3. The first-order chi connectivity index (χ1) is 13.3. The fraction of sp³-hybridized carbons (Fsp3) is 0.0556. The number of amidine groups is 1. The van der Waals surface area contributed by atoms with Crippen LogP contribution >= 0.6 is 34.7 Å². The summed E-state index contributed by atoms with van der Waals surface area (Å²) < 4.78 is 54.2. The summed E-state index contributed by atoms with van der Waals surface area (Å²) in [6.45, 7) is 0. The first-order valence-electron chi connectivity index (χ1n) is 7.80. The Hall–Kier alpha value is -1.94. The van der Waals surface area contributed by atoms with Crippen molar-refractivity contribution in [1.29, 1.82) is 0 Å². The highest BCUT2D eigenvalue weighted by atomic mass is 35.5. The van der Waals surface area contributed by atoms with Gasteiger partial charge in [0.25, 0.3) is 15.8 Å². The second-order valence-corrected chi connectivity index (χ2v) is 9.60. The van der Waals surface area contributed by atoms with Crippen LogP contribution in [0.25, 0.3) is 0 Å². The molecule has 1 aromatic heterocycles. The first-order valence-corrected chi connectivity index (χ1v) is 11.4. The SMILES string of the molecule is O=S(=O)(/N=C(/Nc1ccc(SC(F)F)cc1)c1ccccc1Cl)c1cccs1. The highest BCUT2D eigenvalue weighted by molar-refractivity contribution is 7.99. The van der Waals surface area contributed by atoms with Crippen molar-refractivity contribution in [3.05, 3.63) is 76.6 Å². The van der Waals surface area contributed by atoms with Crippen molar-refractivity contribution in [2.45, 2.75) is 14.9 Å². The van der Waals surface area contributed by atoms with Crippen LogP contribution in [0.2, 0.25) is 5.02 Å². The Balaban J connectivity index is 1.98. The summed E-state index contributed by atoms with van der Waals surface area (Å²) in [5, 5.41) is 4.89. The van der Waals surface area contributed by atoms with Crippen LogP contribution in [-0.2, 0) is 10.0 Å². The zero-order chi connectivity index (χ0) is 20.1. The molecular weight excluding hydrogens is 446 g/mol. The molecule has 3 rings (SSSR count). The van der Waals surface area contributed by atoms with E-state index in [1.807, 2.05) is 0 Å². The van der Waals surface area contributed by atoms with E-state index in [0.717, 1.165) is 11.3 Å². The van der Waals surface area contributed by atoms with Gasteiger partial charge in [0, 0.05) is 16.1 Å². The van der Waals surface area contributed by atoms with Crippen molar-refractivity contribution in [3.8, 4) is 0 Å². The summed E-state index contributed by atoms with van der Waals surface area (Å²) in [6.07, 6.45) is 0. The van der Waals surface area contributed by atoms with Crippen molar-refractivity contribution < 1.29 is 17.2 Å². The number of thiophene rings is 1. The number of nitrogens with one attached hydrogen (secondary N) is 1. The van der Waals surface area contributed by atoms with Gasteiger partial charge in [-0.3, -0.25) is 0 Å². The zero-order valence-corrected chi connectivity index (χ0v) is 17.3. The molecule has 10 heteroatoms. The molecule has 146 valence electrons. The molecule has 1 N–H and O–H groups in total. The maximum atomic E-state index is 12.6. The number of anilines is 1. The Bertz CT molecular complexity index is 1070. The number of thioether (sulfide) groups is 1. The molecule has 0 fully saturated rings. The third-order valence-corrected chi connectivity index (χ3v) is 7.13. The van der Waals surface area contributed by atoms with Gasteiger partial charge in [0.05, 0.1) is 5.02 Å². The maximum Gasteiger partial charge on any atom is 0.293 e. The van der Waals surface area contributed by atoms with E-state index in [2.05, 4.69) is 9.71 Å². The number of benzene rings is 2. The van der Waals surface area contributed by atoms with Crippen LogP contribution in [0.15, 0.2) is 79.5 Å². The van der Waals surface area contributed by atoms with E-state index in [9.17, 15) is 17.2 Å². The van der Waals surface area contributed by atoms with Crippen LogP contribution in [0.4, 0.5) is 14.5 Å². The lowest BCUT2D eigenvalue weighted by atomic mass is 10.2. The van der Waals surface area contributed by atoms with Gasteiger partial charge in [0.2, 0.25) is 0 Å². The van der Waals surface area contributed by atoms with Gasteiger partial charge in [-0.2, -0.15) is 17.2 Å². The van der Waals surface area contributed by atoms with E-state index in [1.54, 1.807) is 47.8 Å². The van der Waals surface area contributed by atoms with Gasteiger partial charge >= 0.3 is 0 Å². The van der Waals surface area contributed by atoms with Crippen molar-refractivity contribution in [3.63, 3.8) is 0 Å². The van der Waals surface area contributed by atoms with E-state index >= 15 is 0 Å². The topological polar surface area (TPSA) is 58.5 Å². The van der Waals surface area contributed by atoms with Crippen LogP contribution in [0, 0.1) is 0 Å². The number of hydrogen-bond donors (Lipinski definition) is 1. The van der Waals surface area contributed by atoms with Crippen LogP contribution < -0.4 is 5.32 Å². The van der Waals surface area contributed by atoms with Gasteiger partial charge in [-0.25, -0.2) is 0 Å². The van der Waals surface area contributed by atoms with Crippen LogP contribution in [-0.4, -0.2) is 20.0 Å². The molecule has 4 nitrogen and oxygen atoms in total. The summed E-state index contributed by atoms with van der Waals surface area (Å²) in [4.78, 5) is 0.392. The Morgan fingerprint density at radius 2 is 1.79 bits per heavy atom. The quantitative estimate of drug-likeness (QED) is 0.281. The Labute approximate surface area is 174 Å². The molecule has 2 aromatic carbocycles. The molecule has 28 heavy (non-hydrogen) atoms. The molecule has 0 saturated heterocycles. The average Bonchev–Trinajstić information content (AvgIpc) is 3.18. The molecule has 0 atom stereocenters. The van der Waals surface area contributed by atoms with Gasteiger partial charge in [-0.05, 0) is 47.8 Å². The largest absolute Gasteiger partial charge is 0.339 e. The van der Waals surface area contributed by atoms with Gasteiger partial charge in [0.1, 0.15) is 4.21 Å². The molecule has 0 saturated carbocycles. The maximum absolute atomic E-state index is 12.6. The predicted molar refractivity (Wildman–Crippen MR) is 111 cm³/mol. The van der Waals surface area contributed by atoms with Crippen molar-refractivity contribution >= 4 is 56.2 Å². The Kier molecular flexibility index (Phi) is 6.71.